The highest BCUT2D eigenvalue weighted by molar-refractivity contribution is 5.83. The summed E-state index contributed by atoms with van der Waals surface area (Å²) in [7, 11) is 0. The fourth-order valence-corrected chi connectivity index (χ4v) is 2.20. The lowest BCUT2D eigenvalue weighted by Crippen LogP contribution is -2.07. The maximum absolute atomic E-state index is 12.6. The Morgan fingerprint density at radius 1 is 1.14 bits per heavy atom. The first-order valence-electron chi connectivity index (χ1n) is 6.88. The molecule has 0 atom stereocenters. The van der Waals surface area contributed by atoms with Crippen LogP contribution in [0.5, 0.6) is 5.75 Å². The summed E-state index contributed by atoms with van der Waals surface area (Å²) >= 11 is 0. The van der Waals surface area contributed by atoms with Crippen molar-refractivity contribution in [2.75, 3.05) is 6.61 Å². The minimum absolute atomic E-state index is 0.00215. The van der Waals surface area contributed by atoms with Crippen LogP contribution < -0.4 is 10.2 Å². The second kappa shape index (κ2) is 5.85. The van der Waals surface area contributed by atoms with Crippen LogP contribution in [0.15, 0.2) is 64.0 Å². The van der Waals surface area contributed by atoms with Crippen LogP contribution in [-0.4, -0.2) is 12.4 Å². The van der Waals surface area contributed by atoms with Crippen LogP contribution in [0.25, 0.3) is 22.1 Å². The van der Waals surface area contributed by atoms with Crippen molar-refractivity contribution in [3.63, 3.8) is 0 Å². The first kappa shape index (κ1) is 14.1. The Kier molecular flexibility index (Phi) is 3.74. The minimum atomic E-state index is -0.0921. The predicted molar refractivity (Wildman–Crippen MR) is 84.1 cm³/mol. The van der Waals surface area contributed by atoms with Crippen molar-refractivity contribution in [3.8, 4) is 16.9 Å². The number of hydrogen-bond acceptors (Lipinski definition) is 4. The van der Waals surface area contributed by atoms with E-state index in [1.807, 2.05) is 30.3 Å². The van der Waals surface area contributed by atoms with Gasteiger partial charge in [0.25, 0.3) is 0 Å². The molecule has 0 saturated heterocycles. The largest absolute Gasteiger partial charge is 0.486 e. The van der Waals surface area contributed by atoms with E-state index in [0.29, 0.717) is 22.3 Å². The Labute approximate surface area is 127 Å². The van der Waals surface area contributed by atoms with E-state index in [-0.39, 0.29) is 17.8 Å². The summed E-state index contributed by atoms with van der Waals surface area (Å²) in [4.78, 5) is 23.5. The SMILES string of the molecule is CC(=O)COc1ccc2c(=O)c(-c3ccccc3)coc2c1. The molecule has 0 radical (unpaired) electrons. The molecule has 0 spiro atoms. The van der Waals surface area contributed by atoms with Gasteiger partial charge in [-0.15, -0.1) is 0 Å². The molecule has 4 heteroatoms. The number of hydrogen-bond donors (Lipinski definition) is 0. The van der Waals surface area contributed by atoms with Crippen LogP contribution in [-0.2, 0) is 4.79 Å². The number of fused-ring (bicyclic) bond motifs is 1. The van der Waals surface area contributed by atoms with Crippen molar-refractivity contribution < 1.29 is 13.9 Å². The fourth-order valence-electron chi connectivity index (χ4n) is 2.20. The van der Waals surface area contributed by atoms with Crippen molar-refractivity contribution in [1.82, 2.24) is 0 Å². The zero-order valence-electron chi connectivity index (χ0n) is 12.0. The van der Waals surface area contributed by atoms with E-state index in [4.69, 9.17) is 9.15 Å². The summed E-state index contributed by atoms with van der Waals surface area (Å²) in [5.41, 5.74) is 1.68. The van der Waals surface area contributed by atoms with Gasteiger partial charge in [-0.25, -0.2) is 0 Å². The average molecular weight is 294 g/mol. The molecule has 0 aliphatic carbocycles. The van der Waals surface area contributed by atoms with Crippen LogP contribution in [0.4, 0.5) is 0 Å². The van der Waals surface area contributed by atoms with Gasteiger partial charge < -0.3 is 9.15 Å². The maximum atomic E-state index is 12.6. The lowest BCUT2D eigenvalue weighted by Gasteiger charge is -2.06. The Morgan fingerprint density at radius 3 is 2.64 bits per heavy atom. The summed E-state index contributed by atoms with van der Waals surface area (Å²) in [5.74, 6) is 0.430. The molecule has 4 nitrogen and oxygen atoms in total. The number of ether oxygens (including phenoxy) is 1. The highest BCUT2D eigenvalue weighted by atomic mass is 16.5. The van der Waals surface area contributed by atoms with Gasteiger partial charge in [0.2, 0.25) is 0 Å². The topological polar surface area (TPSA) is 56.5 Å². The lowest BCUT2D eigenvalue weighted by molar-refractivity contribution is -0.118. The summed E-state index contributed by atoms with van der Waals surface area (Å²) < 4.78 is 10.9. The van der Waals surface area contributed by atoms with Gasteiger partial charge in [-0.2, -0.15) is 0 Å². The highest BCUT2D eigenvalue weighted by Gasteiger charge is 2.10. The number of benzene rings is 2. The molecule has 22 heavy (non-hydrogen) atoms. The van der Waals surface area contributed by atoms with Crippen molar-refractivity contribution >= 4 is 16.8 Å². The van der Waals surface area contributed by atoms with Crippen LogP contribution in [0.1, 0.15) is 6.92 Å². The Bertz CT molecular complexity index is 878. The van der Waals surface area contributed by atoms with Gasteiger partial charge in [0.15, 0.2) is 11.2 Å². The maximum Gasteiger partial charge on any atom is 0.200 e. The van der Waals surface area contributed by atoms with Gasteiger partial charge in [-0.1, -0.05) is 30.3 Å². The molecular weight excluding hydrogens is 280 g/mol. The molecular formula is C18H14O4. The van der Waals surface area contributed by atoms with E-state index in [0.717, 1.165) is 5.56 Å². The Hall–Kier alpha value is -2.88. The van der Waals surface area contributed by atoms with Gasteiger partial charge in [0.1, 0.15) is 24.2 Å². The monoisotopic (exact) mass is 294 g/mol. The number of rotatable bonds is 4. The molecule has 1 heterocycles. The Morgan fingerprint density at radius 2 is 1.91 bits per heavy atom. The number of carbonyl (C=O) groups excluding carboxylic acids is 1. The predicted octanol–water partition coefficient (Wildman–Crippen LogP) is 3.43. The van der Waals surface area contributed by atoms with Crippen LogP contribution in [0, 0.1) is 0 Å². The van der Waals surface area contributed by atoms with Crippen molar-refractivity contribution in [2.24, 2.45) is 0 Å². The summed E-state index contributed by atoms with van der Waals surface area (Å²) in [5, 5.41) is 0.483. The lowest BCUT2D eigenvalue weighted by atomic mass is 10.1. The molecule has 3 aromatic rings. The molecule has 0 amide bonds. The second-order valence-electron chi connectivity index (χ2n) is 4.99. The molecule has 0 saturated carbocycles. The molecule has 0 aliphatic heterocycles. The first-order valence-corrected chi connectivity index (χ1v) is 6.88. The second-order valence-corrected chi connectivity index (χ2v) is 4.99. The Balaban J connectivity index is 2.04. The van der Waals surface area contributed by atoms with Crippen molar-refractivity contribution in [1.29, 1.82) is 0 Å². The molecule has 0 N–H and O–H groups in total. The van der Waals surface area contributed by atoms with Gasteiger partial charge in [-0.05, 0) is 24.6 Å². The van der Waals surface area contributed by atoms with Gasteiger partial charge in [0.05, 0.1) is 10.9 Å². The van der Waals surface area contributed by atoms with E-state index in [2.05, 4.69) is 0 Å². The van der Waals surface area contributed by atoms with Crippen molar-refractivity contribution in [3.05, 3.63) is 65.0 Å². The normalized spacial score (nSPS) is 10.6. The third kappa shape index (κ3) is 2.76. The van der Waals surface area contributed by atoms with Gasteiger partial charge in [0, 0.05) is 6.07 Å². The zero-order chi connectivity index (χ0) is 15.5. The smallest absolute Gasteiger partial charge is 0.200 e. The summed E-state index contributed by atoms with van der Waals surface area (Å²) in [6.45, 7) is 1.45. The molecule has 1 aromatic heterocycles. The van der Waals surface area contributed by atoms with Crippen LogP contribution in [0.3, 0.4) is 0 Å². The third-order valence-electron chi connectivity index (χ3n) is 3.27. The van der Waals surface area contributed by atoms with Crippen molar-refractivity contribution in [2.45, 2.75) is 6.92 Å². The molecule has 0 unspecified atom stereocenters. The van der Waals surface area contributed by atoms with Crippen LogP contribution >= 0.6 is 0 Å². The van der Waals surface area contributed by atoms with Crippen LogP contribution in [0.2, 0.25) is 0 Å². The minimum Gasteiger partial charge on any atom is -0.486 e. The molecule has 3 rings (SSSR count). The first-order chi connectivity index (χ1) is 10.6. The van der Waals surface area contributed by atoms with E-state index in [1.165, 1.54) is 13.2 Å². The molecule has 0 aliphatic rings. The zero-order valence-corrected chi connectivity index (χ0v) is 12.0. The third-order valence-corrected chi connectivity index (χ3v) is 3.27. The van der Waals surface area contributed by atoms with E-state index < -0.39 is 0 Å². The van der Waals surface area contributed by atoms with E-state index in [9.17, 15) is 9.59 Å². The number of ketones is 1. The van der Waals surface area contributed by atoms with E-state index >= 15 is 0 Å². The molecule has 2 aromatic carbocycles. The molecule has 0 bridgehead atoms. The standard InChI is InChI=1S/C18H14O4/c1-12(19)10-21-14-7-8-15-17(9-14)22-11-16(18(15)20)13-5-3-2-4-6-13/h2-9,11H,10H2,1H3. The molecule has 110 valence electrons. The van der Waals surface area contributed by atoms with Gasteiger partial charge >= 0.3 is 0 Å². The average Bonchev–Trinajstić information content (AvgIpc) is 2.54. The van der Waals surface area contributed by atoms with E-state index in [1.54, 1.807) is 18.2 Å². The molecule has 0 fully saturated rings. The number of Topliss-reactive ketones (excluding diaryl/α,β-unsaturated/α-hetero) is 1. The highest BCUT2D eigenvalue weighted by Crippen LogP contribution is 2.22. The summed E-state index contributed by atoms with van der Waals surface area (Å²) in [6.07, 6.45) is 1.45. The van der Waals surface area contributed by atoms with Gasteiger partial charge in [-0.3, -0.25) is 9.59 Å². The fraction of sp³-hybridized carbons (Fsp3) is 0.111. The number of carbonyl (C=O) groups is 1. The quantitative estimate of drug-likeness (QED) is 0.739. The summed E-state index contributed by atoms with van der Waals surface area (Å²) in [6, 6.07) is 14.3.